The summed E-state index contributed by atoms with van der Waals surface area (Å²) >= 11 is 0. The number of carbonyl (C=O) groups is 2. The van der Waals surface area contributed by atoms with E-state index < -0.39 is 11.6 Å². The van der Waals surface area contributed by atoms with Gasteiger partial charge >= 0.3 is 0 Å². The summed E-state index contributed by atoms with van der Waals surface area (Å²) in [6.07, 6.45) is 3.22. The van der Waals surface area contributed by atoms with Crippen LogP contribution in [0.15, 0.2) is 60.9 Å². The van der Waals surface area contributed by atoms with Gasteiger partial charge in [0.1, 0.15) is 11.4 Å². The van der Waals surface area contributed by atoms with Crippen LogP contribution in [-0.4, -0.2) is 51.8 Å². The maximum Gasteiger partial charge on any atom is 0.257 e. The highest BCUT2D eigenvalue weighted by Gasteiger charge is 2.56. The molecule has 1 fully saturated rings. The number of rotatable bonds is 3. The van der Waals surface area contributed by atoms with Gasteiger partial charge in [0, 0.05) is 31.9 Å². The number of hydrogen-bond acceptors (Lipinski definition) is 5. The number of halogens is 1. The van der Waals surface area contributed by atoms with Crippen LogP contribution in [0.4, 0.5) is 4.39 Å². The molecular weight excluding hydrogens is 399 g/mol. The van der Waals surface area contributed by atoms with E-state index in [1.54, 1.807) is 47.4 Å². The van der Waals surface area contributed by atoms with Gasteiger partial charge in [-0.3, -0.25) is 14.6 Å². The largest absolute Gasteiger partial charge is 0.497 e. The van der Waals surface area contributed by atoms with Crippen molar-refractivity contribution in [3.63, 3.8) is 0 Å². The van der Waals surface area contributed by atoms with Crippen molar-refractivity contribution in [3.05, 3.63) is 89.3 Å². The lowest BCUT2D eigenvalue weighted by Gasteiger charge is -2.46. The van der Waals surface area contributed by atoms with Crippen molar-refractivity contribution < 1.29 is 18.7 Å². The first-order chi connectivity index (χ1) is 15.0. The molecule has 0 unspecified atom stereocenters. The minimum Gasteiger partial charge on any atom is -0.497 e. The molecule has 5 rings (SSSR count). The molecule has 2 aromatic heterocycles. The predicted octanol–water partition coefficient (Wildman–Crippen LogP) is 2.63. The molecule has 2 aliphatic heterocycles. The standard InChI is InChI=1S/C23H19FN4O3/c1-31-17-7-5-16(6-8-17)23-13-19-18(3-2-10-25-19)22(30)28(23)12-11-27(23)21(29)15-4-9-20(24)26-14-15/h2-10,14H,11-13H2,1H3/t23-/m1/s1. The summed E-state index contributed by atoms with van der Waals surface area (Å²) in [5.41, 5.74) is 1.17. The molecule has 1 atom stereocenters. The molecule has 1 saturated heterocycles. The van der Waals surface area contributed by atoms with Crippen molar-refractivity contribution in [2.45, 2.75) is 12.1 Å². The molecule has 1 aromatic carbocycles. The number of carbonyl (C=O) groups excluding carboxylic acids is 2. The van der Waals surface area contributed by atoms with E-state index in [9.17, 15) is 14.0 Å². The number of amides is 2. The highest BCUT2D eigenvalue weighted by atomic mass is 19.1. The van der Waals surface area contributed by atoms with Crippen molar-refractivity contribution in [1.29, 1.82) is 0 Å². The maximum atomic E-state index is 13.5. The molecule has 3 aromatic rings. The minimum atomic E-state index is -1.05. The Kier molecular flexibility index (Phi) is 4.43. The summed E-state index contributed by atoms with van der Waals surface area (Å²) in [4.78, 5) is 38.4. The van der Waals surface area contributed by atoms with Crippen LogP contribution < -0.4 is 4.74 Å². The zero-order valence-electron chi connectivity index (χ0n) is 16.8. The first-order valence-corrected chi connectivity index (χ1v) is 9.88. The molecule has 2 aliphatic rings. The quantitative estimate of drug-likeness (QED) is 0.612. The predicted molar refractivity (Wildman–Crippen MR) is 109 cm³/mol. The molecule has 0 bridgehead atoms. The van der Waals surface area contributed by atoms with Crippen LogP contribution in [-0.2, 0) is 12.1 Å². The lowest BCUT2D eigenvalue weighted by molar-refractivity contribution is 0.00700. The second kappa shape index (κ2) is 7.16. The Bertz CT molecular complexity index is 1170. The Balaban J connectivity index is 1.67. The average molecular weight is 418 g/mol. The molecule has 2 amide bonds. The first-order valence-electron chi connectivity index (χ1n) is 9.88. The van der Waals surface area contributed by atoms with Crippen LogP contribution in [0, 0.1) is 5.95 Å². The number of methoxy groups -OCH3 is 1. The Morgan fingerprint density at radius 3 is 2.61 bits per heavy atom. The molecule has 7 nitrogen and oxygen atoms in total. The molecule has 0 N–H and O–H groups in total. The second-order valence-electron chi connectivity index (χ2n) is 7.50. The van der Waals surface area contributed by atoms with Crippen LogP contribution in [0.5, 0.6) is 5.75 Å². The number of nitrogens with zero attached hydrogens (tertiary/aromatic N) is 4. The number of ether oxygens (including phenoxy) is 1. The summed E-state index contributed by atoms with van der Waals surface area (Å²) in [6.45, 7) is 0.710. The van der Waals surface area contributed by atoms with Gasteiger partial charge in [0.2, 0.25) is 5.95 Å². The third-order valence-corrected chi connectivity index (χ3v) is 5.99. The van der Waals surface area contributed by atoms with Gasteiger partial charge in [0.15, 0.2) is 0 Å². The van der Waals surface area contributed by atoms with Crippen LogP contribution in [0.25, 0.3) is 0 Å². The van der Waals surface area contributed by atoms with E-state index in [-0.39, 0.29) is 17.4 Å². The highest BCUT2D eigenvalue weighted by molar-refractivity contribution is 6.00. The lowest BCUT2D eigenvalue weighted by atomic mass is 9.86. The number of fused-ring (bicyclic) bond motifs is 2. The van der Waals surface area contributed by atoms with Gasteiger partial charge < -0.3 is 14.5 Å². The van der Waals surface area contributed by atoms with Crippen LogP contribution in [0.1, 0.15) is 32.0 Å². The summed E-state index contributed by atoms with van der Waals surface area (Å²) in [6, 6.07) is 13.4. The van der Waals surface area contributed by atoms with E-state index >= 15 is 0 Å². The fourth-order valence-electron chi connectivity index (χ4n) is 4.53. The molecule has 0 aliphatic carbocycles. The average Bonchev–Trinajstić information content (AvgIpc) is 3.20. The van der Waals surface area contributed by atoms with E-state index in [0.717, 1.165) is 11.6 Å². The van der Waals surface area contributed by atoms with Gasteiger partial charge in [-0.05, 0) is 42.0 Å². The first kappa shape index (κ1) is 19.2. The summed E-state index contributed by atoms with van der Waals surface area (Å²) in [5, 5.41) is 0. The molecular formula is C23H19FN4O3. The summed E-state index contributed by atoms with van der Waals surface area (Å²) in [7, 11) is 1.58. The van der Waals surface area contributed by atoms with E-state index in [4.69, 9.17) is 4.74 Å². The highest BCUT2D eigenvalue weighted by Crippen LogP contribution is 2.45. The van der Waals surface area contributed by atoms with Crippen LogP contribution in [0.3, 0.4) is 0 Å². The van der Waals surface area contributed by atoms with Crippen molar-refractivity contribution in [3.8, 4) is 5.75 Å². The van der Waals surface area contributed by atoms with Gasteiger partial charge in [-0.15, -0.1) is 0 Å². The van der Waals surface area contributed by atoms with Crippen molar-refractivity contribution in [2.75, 3.05) is 20.2 Å². The van der Waals surface area contributed by atoms with Gasteiger partial charge in [-0.1, -0.05) is 12.1 Å². The van der Waals surface area contributed by atoms with Gasteiger partial charge in [-0.2, -0.15) is 4.39 Å². The van der Waals surface area contributed by atoms with Crippen molar-refractivity contribution in [2.24, 2.45) is 0 Å². The van der Waals surface area contributed by atoms with Crippen molar-refractivity contribution in [1.82, 2.24) is 19.8 Å². The van der Waals surface area contributed by atoms with Gasteiger partial charge in [0.05, 0.1) is 23.9 Å². The third kappa shape index (κ3) is 2.86. The van der Waals surface area contributed by atoms with Crippen molar-refractivity contribution >= 4 is 11.8 Å². The Morgan fingerprint density at radius 1 is 1.10 bits per heavy atom. The third-order valence-electron chi connectivity index (χ3n) is 5.99. The van der Waals surface area contributed by atoms with Crippen LogP contribution in [0.2, 0.25) is 0 Å². The Hall–Kier alpha value is -3.81. The summed E-state index contributed by atoms with van der Waals surface area (Å²) < 4.78 is 18.6. The van der Waals surface area contributed by atoms with Gasteiger partial charge in [-0.25, -0.2) is 4.98 Å². The molecule has 0 radical (unpaired) electrons. The smallest absolute Gasteiger partial charge is 0.257 e. The molecule has 8 heteroatoms. The zero-order chi connectivity index (χ0) is 21.6. The second-order valence-corrected chi connectivity index (χ2v) is 7.50. The maximum absolute atomic E-state index is 13.5. The van der Waals surface area contributed by atoms with E-state index in [2.05, 4.69) is 9.97 Å². The number of benzene rings is 1. The minimum absolute atomic E-state index is 0.169. The zero-order valence-corrected chi connectivity index (χ0v) is 16.8. The van der Waals surface area contributed by atoms with E-state index in [1.165, 1.54) is 12.3 Å². The Labute approximate surface area is 178 Å². The molecule has 0 saturated carbocycles. The fourth-order valence-corrected chi connectivity index (χ4v) is 4.53. The number of hydrogen-bond donors (Lipinski definition) is 0. The Morgan fingerprint density at radius 2 is 1.90 bits per heavy atom. The van der Waals surface area contributed by atoms with Gasteiger partial charge in [0.25, 0.3) is 11.8 Å². The summed E-state index contributed by atoms with van der Waals surface area (Å²) in [5.74, 6) is -0.475. The number of pyridine rings is 2. The monoisotopic (exact) mass is 418 g/mol. The molecule has 156 valence electrons. The van der Waals surface area contributed by atoms with Crippen LogP contribution >= 0.6 is 0 Å². The lowest BCUT2D eigenvalue weighted by Crippen LogP contribution is -2.58. The molecule has 4 heterocycles. The van der Waals surface area contributed by atoms with E-state index in [1.807, 2.05) is 12.1 Å². The number of aromatic nitrogens is 2. The SMILES string of the molecule is COc1ccc([C@@]23Cc4ncccc4C(=O)N2CCN3C(=O)c2ccc(F)nc2)cc1. The topological polar surface area (TPSA) is 75.6 Å². The van der Waals surface area contributed by atoms with E-state index in [0.29, 0.717) is 36.5 Å². The molecule has 0 spiro atoms. The fraction of sp³-hybridized carbons (Fsp3) is 0.217. The normalized spacial score (nSPS) is 19.7. The molecule has 31 heavy (non-hydrogen) atoms.